The van der Waals surface area contributed by atoms with E-state index in [1.807, 2.05) is 24.3 Å². The second-order valence-corrected chi connectivity index (χ2v) is 10.9. The number of rotatable bonds is 16. The van der Waals surface area contributed by atoms with E-state index in [9.17, 15) is 5.11 Å². The van der Waals surface area contributed by atoms with Crippen molar-refractivity contribution in [2.45, 2.75) is 71.9 Å². The number of benzene rings is 3. The summed E-state index contributed by atoms with van der Waals surface area (Å²) in [5.41, 5.74) is 6.12. The molecule has 0 heterocycles. The van der Waals surface area contributed by atoms with E-state index in [0.717, 1.165) is 34.4 Å². The Bertz CT molecular complexity index is 1210. The third-order valence-corrected chi connectivity index (χ3v) is 7.62. The van der Waals surface area contributed by atoms with Gasteiger partial charge in [0.25, 0.3) is 0 Å². The van der Waals surface area contributed by atoms with Crippen LogP contribution in [0.5, 0.6) is 17.2 Å². The normalized spacial score (nSPS) is 12.4. The summed E-state index contributed by atoms with van der Waals surface area (Å²) in [6.45, 7) is 10.1. The number of aromatic hydroxyl groups is 1. The first-order valence-corrected chi connectivity index (χ1v) is 14.0. The van der Waals surface area contributed by atoms with Crippen molar-refractivity contribution in [1.82, 2.24) is 0 Å². The molecule has 7 heteroatoms. The summed E-state index contributed by atoms with van der Waals surface area (Å²) < 4.78 is 34.2. The minimum absolute atomic E-state index is 0.0544. The van der Waals surface area contributed by atoms with Crippen molar-refractivity contribution in [2.24, 2.45) is 0 Å². The number of hydrogen-bond donors (Lipinski definition) is 1. The molecule has 3 rings (SSSR count). The molecule has 41 heavy (non-hydrogen) atoms. The lowest BCUT2D eigenvalue weighted by atomic mass is 9.76. The molecule has 3 aromatic carbocycles. The molecule has 0 aliphatic rings. The Morgan fingerprint density at radius 1 is 0.707 bits per heavy atom. The molecule has 0 spiro atoms. The molecule has 0 saturated heterocycles. The second-order valence-electron chi connectivity index (χ2n) is 10.9. The molecule has 3 aromatic rings. The van der Waals surface area contributed by atoms with Crippen molar-refractivity contribution >= 4 is 0 Å². The first-order valence-electron chi connectivity index (χ1n) is 14.0. The smallest absolute Gasteiger partial charge is 0.230 e. The molecule has 0 fully saturated rings. The highest BCUT2D eigenvalue weighted by molar-refractivity contribution is 5.52. The number of phenolic OH excluding ortho intramolecular Hbond substituents is 1. The fourth-order valence-electron chi connectivity index (χ4n) is 4.95. The van der Waals surface area contributed by atoms with Crippen molar-refractivity contribution in [3.05, 3.63) is 87.5 Å². The molecule has 1 unspecified atom stereocenters. The van der Waals surface area contributed by atoms with Crippen molar-refractivity contribution in [3.63, 3.8) is 0 Å². The maximum absolute atomic E-state index is 10.8. The summed E-state index contributed by atoms with van der Waals surface area (Å²) in [5, 5.41) is 10.8. The van der Waals surface area contributed by atoms with Crippen LogP contribution in [0.3, 0.4) is 0 Å². The SMILES string of the molecule is CCC(C)c1cccc(OCOc2c(COC)cc(C(C)(C)c3cc(COC)c(O)c(COC)c3)cc2COC)c1. The van der Waals surface area contributed by atoms with Crippen LogP contribution in [0.2, 0.25) is 0 Å². The average molecular weight is 567 g/mol. The Morgan fingerprint density at radius 2 is 1.20 bits per heavy atom. The first-order chi connectivity index (χ1) is 19.7. The van der Waals surface area contributed by atoms with E-state index in [-0.39, 0.29) is 12.5 Å². The molecule has 0 aromatic heterocycles. The van der Waals surface area contributed by atoms with E-state index >= 15 is 0 Å². The number of methoxy groups -OCH3 is 4. The monoisotopic (exact) mass is 566 g/mol. The standard InChI is InChI=1S/C34H46O7/c1-9-23(2)24-11-10-12-31(17-24)40-22-41-33-27(20-38-7)15-30(16-28(33)21-39-8)34(3,4)29-13-25(18-36-5)32(35)26(14-29)19-37-6/h10-17,23,35H,9,18-22H2,1-8H3. The van der Waals surface area contributed by atoms with Crippen LogP contribution in [0.15, 0.2) is 48.5 Å². The number of phenols is 1. The van der Waals surface area contributed by atoms with Gasteiger partial charge in [0.1, 0.15) is 17.2 Å². The largest absolute Gasteiger partial charge is 0.507 e. The molecular weight excluding hydrogens is 520 g/mol. The fraction of sp³-hybridized carbons (Fsp3) is 0.471. The van der Waals surface area contributed by atoms with E-state index in [1.165, 1.54) is 5.56 Å². The molecule has 0 amide bonds. The summed E-state index contributed by atoms with van der Waals surface area (Å²) in [5.74, 6) is 2.12. The Hall–Kier alpha value is -3.10. The van der Waals surface area contributed by atoms with Crippen LogP contribution in [-0.2, 0) is 50.8 Å². The summed E-state index contributed by atoms with van der Waals surface area (Å²) in [7, 11) is 6.57. The molecule has 1 N–H and O–H groups in total. The van der Waals surface area contributed by atoms with E-state index in [0.29, 0.717) is 49.2 Å². The summed E-state index contributed by atoms with van der Waals surface area (Å²) in [6, 6.07) is 16.4. The average Bonchev–Trinajstić information content (AvgIpc) is 2.96. The zero-order chi connectivity index (χ0) is 30.0. The molecule has 0 radical (unpaired) electrons. The quantitative estimate of drug-likeness (QED) is 0.183. The van der Waals surface area contributed by atoms with Gasteiger partial charge < -0.3 is 33.5 Å². The van der Waals surface area contributed by atoms with Crippen LogP contribution in [-0.4, -0.2) is 40.3 Å². The molecule has 0 aliphatic heterocycles. The van der Waals surface area contributed by atoms with Crippen molar-refractivity contribution in [3.8, 4) is 17.2 Å². The minimum atomic E-state index is -0.435. The zero-order valence-electron chi connectivity index (χ0n) is 25.8. The van der Waals surface area contributed by atoms with Gasteiger partial charge in [-0.1, -0.05) is 39.8 Å². The molecule has 224 valence electrons. The maximum Gasteiger partial charge on any atom is 0.230 e. The Morgan fingerprint density at radius 3 is 1.68 bits per heavy atom. The van der Waals surface area contributed by atoms with Crippen LogP contribution in [0.4, 0.5) is 0 Å². The molecule has 0 aliphatic carbocycles. The Balaban J connectivity index is 1.98. The van der Waals surface area contributed by atoms with Gasteiger partial charge in [-0.25, -0.2) is 0 Å². The minimum Gasteiger partial charge on any atom is -0.507 e. The highest BCUT2D eigenvalue weighted by atomic mass is 16.7. The topological polar surface area (TPSA) is 75.6 Å². The third kappa shape index (κ3) is 8.01. The van der Waals surface area contributed by atoms with Crippen LogP contribution in [0.25, 0.3) is 0 Å². The van der Waals surface area contributed by atoms with Crippen LogP contribution in [0, 0.1) is 0 Å². The highest BCUT2D eigenvalue weighted by Crippen LogP contribution is 2.40. The van der Waals surface area contributed by atoms with Crippen LogP contribution >= 0.6 is 0 Å². The van der Waals surface area contributed by atoms with E-state index in [2.05, 4.69) is 52.0 Å². The molecule has 7 nitrogen and oxygen atoms in total. The molecule has 1 atom stereocenters. The van der Waals surface area contributed by atoms with Gasteiger partial charge >= 0.3 is 0 Å². The molecule has 0 saturated carbocycles. The third-order valence-electron chi connectivity index (χ3n) is 7.62. The summed E-state index contributed by atoms with van der Waals surface area (Å²) in [6.07, 6.45) is 1.06. The lowest BCUT2D eigenvalue weighted by Crippen LogP contribution is -2.21. The zero-order valence-corrected chi connectivity index (χ0v) is 25.8. The van der Waals surface area contributed by atoms with Gasteiger partial charge in [0.2, 0.25) is 6.79 Å². The van der Waals surface area contributed by atoms with Gasteiger partial charge in [-0.15, -0.1) is 0 Å². The second kappa shape index (κ2) is 15.2. The van der Waals surface area contributed by atoms with Gasteiger partial charge in [-0.3, -0.25) is 0 Å². The van der Waals surface area contributed by atoms with Gasteiger partial charge in [0.15, 0.2) is 0 Å². The van der Waals surface area contributed by atoms with Gasteiger partial charge in [0, 0.05) is 56.1 Å². The van der Waals surface area contributed by atoms with Crippen molar-refractivity contribution in [1.29, 1.82) is 0 Å². The van der Waals surface area contributed by atoms with E-state index < -0.39 is 5.41 Å². The number of ether oxygens (including phenoxy) is 6. The fourth-order valence-corrected chi connectivity index (χ4v) is 4.95. The van der Waals surface area contributed by atoms with Crippen LogP contribution in [0.1, 0.15) is 79.0 Å². The lowest BCUT2D eigenvalue weighted by Gasteiger charge is -2.30. The van der Waals surface area contributed by atoms with Gasteiger partial charge in [0.05, 0.1) is 26.4 Å². The molecule has 0 bridgehead atoms. The van der Waals surface area contributed by atoms with Crippen molar-refractivity contribution < 1.29 is 33.5 Å². The first kappa shape index (κ1) is 32.4. The predicted molar refractivity (Wildman–Crippen MR) is 161 cm³/mol. The van der Waals surface area contributed by atoms with Gasteiger partial charge in [-0.05, 0) is 65.4 Å². The van der Waals surface area contributed by atoms with E-state index in [4.69, 9.17) is 28.4 Å². The van der Waals surface area contributed by atoms with Crippen LogP contribution < -0.4 is 9.47 Å². The lowest BCUT2D eigenvalue weighted by molar-refractivity contribution is 0.108. The van der Waals surface area contributed by atoms with E-state index in [1.54, 1.807) is 28.4 Å². The summed E-state index contributed by atoms with van der Waals surface area (Å²) in [4.78, 5) is 0. The predicted octanol–water partition coefficient (Wildman–Crippen LogP) is 7.23. The highest BCUT2D eigenvalue weighted by Gasteiger charge is 2.28. The maximum atomic E-state index is 10.8. The van der Waals surface area contributed by atoms with Gasteiger partial charge in [-0.2, -0.15) is 0 Å². The molecular formula is C34H46O7. The summed E-state index contributed by atoms with van der Waals surface area (Å²) >= 11 is 0. The Kier molecular flexibility index (Phi) is 12.0. The van der Waals surface area contributed by atoms with Crippen molar-refractivity contribution in [2.75, 3.05) is 35.2 Å². The number of hydrogen-bond acceptors (Lipinski definition) is 7. The Labute approximate surface area is 245 Å².